The lowest BCUT2D eigenvalue weighted by atomic mass is 10.1. The van der Waals surface area contributed by atoms with Crippen LogP contribution in [0.3, 0.4) is 0 Å². The number of fused-ring (bicyclic) bond motifs is 1. The van der Waals surface area contributed by atoms with Crippen molar-refractivity contribution in [3.63, 3.8) is 0 Å². The average Bonchev–Trinajstić information content (AvgIpc) is 3.30. The molecule has 1 amide bonds. The fraction of sp³-hybridized carbons (Fsp3) is 0.312. The highest BCUT2D eigenvalue weighted by molar-refractivity contribution is 7.11. The van der Waals surface area contributed by atoms with Crippen molar-refractivity contribution in [3.8, 4) is 0 Å². The Morgan fingerprint density at radius 1 is 1.32 bits per heavy atom. The van der Waals surface area contributed by atoms with Gasteiger partial charge in [0.25, 0.3) is 5.91 Å². The molecule has 0 unspecified atom stereocenters. The molecule has 4 rings (SSSR count). The maximum atomic E-state index is 12.6. The molecule has 128 valence electrons. The number of nitrogens with zero attached hydrogens (tertiary/aromatic N) is 5. The summed E-state index contributed by atoms with van der Waals surface area (Å²) in [6.45, 7) is 1.81. The molecular formula is C16H16N6O2S. The molecule has 0 aromatic carbocycles. The van der Waals surface area contributed by atoms with E-state index < -0.39 is 0 Å². The zero-order valence-electron chi connectivity index (χ0n) is 13.4. The summed E-state index contributed by atoms with van der Waals surface area (Å²) in [4.78, 5) is 27.8. The number of aromatic nitrogens is 4. The van der Waals surface area contributed by atoms with Gasteiger partial charge in [0.15, 0.2) is 0 Å². The second kappa shape index (κ2) is 6.98. The van der Waals surface area contributed by atoms with Crippen LogP contribution in [0.5, 0.6) is 0 Å². The second-order valence-electron chi connectivity index (χ2n) is 5.65. The number of carbonyl (C=O) groups excluding carboxylic acids is 1. The average molecular weight is 356 g/mol. The van der Waals surface area contributed by atoms with Gasteiger partial charge in [0.2, 0.25) is 0 Å². The molecule has 1 N–H and O–H groups in total. The fourth-order valence-corrected chi connectivity index (χ4v) is 3.45. The molecule has 25 heavy (non-hydrogen) atoms. The number of anilines is 1. The quantitative estimate of drug-likeness (QED) is 0.761. The molecule has 9 heteroatoms. The molecule has 1 aliphatic rings. The SMILES string of the molecule is O=C(c1cncs1)N1CCc2ncnc(NCc3ccon3)c2CC1. The summed E-state index contributed by atoms with van der Waals surface area (Å²) in [5.41, 5.74) is 4.53. The Kier molecular flexibility index (Phi) is 4.38. The van der Waals surface area contributed by atoms with Crippen LogP contribution in [0.4, 0.5) is 5.82 Å². The molecule has 3 aromatic rings. The second-order valence-corrected chi connectivity index (χ2v) is 6.54. The Morgan fingerprint density at radius 3 is 3.04 bits per heavy atom. The van der Waals surface area contributed by atoms with E-state index in [0.717, 1.165) is 22.8 Å². The van der Waals surface area contributed by atoms with Gasteiger partial charge >= 0.3 is 0 Å². The molecule has 8 nitrogen and oxygen atoms in total. The fourth-order valence-electron chi connectivity index (χ4n) is 2.86. The highest BCUT2D eigenvalue weighted by Crippen LogP contribution is 2.22. The first-order valence-corrected chi connectivity index (χ1v) is 8.83. The maximum absolute atomic E-state index is 12.6. The first-order valence-electron chi connectivity index (χ1n) is 7.95. The monoisotopic (exact) mass is 356 g/mol. The largest absolute Gasteiger partial charge is 0.364 e. The first kappa shape index (κ1) is 15.7. The lowest BCUT2D eigenvalue weighted by Gasteiger charge is -2.18. The van der Waals surface area contributed by atoms with E-state index in [9.17, 15) is 4.79 Å². The van der Waals surface area contributed by atoms with Gasteiger partial charge in [-0.25, -0.2) is 9.97 Å². The van der Waals surface area contributed by atoms with Crippen molar-refractivity contribution in [3.05, 3.63) is 52.2 Å². The number of hydrogen-bond acceptors (Lipinski definition) is 8. The minimum absolute atomic E-state index is 0.0281. The van der Waals surface area contributed by atoms with Crippen molar-refractivity contribution in [2.75, 3.05) is 18.4 Å². The summed E-state index contributed by atoms with van der Waals surface area (Å²) in [6.07, 6.45) is 6.14. The Bertz CT molecular complexity index is 850. The first-order chi connectivity index (χ1) is 12.3. The van der Waals surface area contributed by atoms with Crippen molar-refractivity contribution in [1.29, 1.82) is 0 Å². The summed E-state index contributed by atoms with van der Waals surface area (Å²) in [7, 11) is 0. The molecule has 0 saturated heterocycles. The van der Waals surface area contributed by atoms with Crippen LogP contribution in [0.15, 0.2) is 34.9 Å². The Hall–Kier alpha value is -2.81. The number of nitrogens with one attached hydrogen (secondary N) is 1. The molecule has 0 atom stereocenters. The molecule has 1 aliphatic heterocycles. The van der Waals surface area contributed by atoms with Gasteiger partial charge < -0.3 is 14.7 Å². The van der Waals surface area contributed by atoms with Gasteiger partial charge in [0, 0.05) is 31.1 Å². The molecule has 0 saturated carbocycles. The predicted octanol–water partition coefficient (Wildman–Crippen LogP) is 1.77. The summed E-state index contributed by atoms with van der Waals surface area (Å²) in [5, 5.41) is 7.18. The van der Waals surface area contributed by atoms with Crippen LogP contribution in [-0.2, 0) is 19.4 Å². The van der Waals surface area contributed by atoms with Gasteiger partial charge in [-0.2, -0.15) is 0 Å². The Morgan fingerprint density at radius 2 is 2.24 bits per heavy atom. The van der Waals surface area contributed by atoms with E-state index in [4.69, 9.17) is 4.52 Å². The van der Waals surface area contributed by atoms with Crippen molar-refractivity contribution < 1.29 is 9.32 Å². The van der Waals surface area contributed by atoms with E-state index in [-0.39, 0.29) is 5.91 Å². The third-order valence-electron chi connectivity index (χ3n) is 4.14. The van der Waals surface area contributed by atoms with Crippen LogP contribution < -0.4 is 5.32 Å². The van der Waals surface area contributed by atoms with Crippen LogP contribution in [-0.4, -0.2) is 44.0 Å². The van der Waals surface area contributed by atoms with Crippen LogP contribution in [0, 0.1) is 0 Å². The van der Waals surface area contributed by atoms with Crippen molar-refractivity contribution in [2.45, 2.75) is 19.4 Å². The summed E-state index contributed by atoms with van der Waals surface area (Å²) in [6, 6.07) is 1.81. The van der Waals surface area contributed by atoms with Crippen LogP contribution in [0.2, 0.25) is 0 Å². The van der Waals surface area contributed by atoms with E-state index in [1.54, 1.807) is 24.3 Å². The molecule has 0 radical (unpaired) electrons. The highest BCUT2D eigenvalue weighted by atomic mass is 32.1. The smallest absolute Gasteiger partial charge is 0.265 e. The van der Waals surface area contributed by atoms with Gasteiger partial charge in [-0.1, -0.05) is 5.16 Å². The third kappa shape index (κ3) is 3.36. The Labute approximate surface area is 147 Å². The normalized spacial score (nSPS) is 14.0. The van der Waals surface area contributed by atoms with Crippen molar-refractivity contribution >= 4 is 23.1 Å². The van der Waals surface area contributed by atoms with E-state index >= 15 is 0 Å². The molecule has 0 fully saturated rings. The number of amides is 1. The van der Waals surface area contributed by atoms with E-state index in [1.807, 2.05) is 11.0 Å². The van der Waals surface area contributed by atoms with Gasteiger partial charge in [-0.05, 0) is 6.42 Å². The predicted molar refractivity (Wildman–Crippen MR) is 91.3 cm³/mol. The molecule has 0 bridgehead atoms. The summed E-state index contributed by atoms with van der Waals surface area (Å²) < 4.78 is 4.84. The van der Waals surface area contributed by atoms with E-state index in [1.165, 1.54) is 11.3 Å². The van der Waals surface area contributed by atoms with Gasteiger partial charge in [0.1, 0.15) is 29.0 Å². The topological polar surface area (TPSA) is 97.0 Å². The molecule has 0 spiro atoms. The molecule has 0 aliphatic carbocycles. The van der Waals surface area contributed by atoms with Gasteiger partial charge in [-0.3, -0.25) is 9.78 Å². The van der Waals surface area contributed by atoms with Gasteiger partial charge in [-0.15, -0.1) is 11.3 Å². The summed E-state index contributed by atoms with van der Waals surface area (Å²) in [5.74, 6) is 0.820. The van der Waals surface area contributed by atoms with Crippen LogP contribution in [0.25, 0.3) is 0 Å². The minimum atomic E-state index is 0.0281. The minimum Gasteiger partial charge on any atom is -0.364 e. The Balaban J connectivity index is 1.49. The number of hydrogen-bond donors (Lipinski definition) is 1. The number of thiazole rings is 1. The van der Waals surface area contributed by atoms with Crippen molar-refractivity contribution in [1.82, 2.24) is 25.0 Å². The number of carbonyl (C=O) groups is 1. The van der Waals surface area contributed by atoms with Crippen LogP contribution >= 0.6 is 11.3 Å². The molecular weight excluding hydrogens is 340 g/mol. The maximum Gasteiger partial charge on any atom is 0.265 e. The van der Waals surface area contributed by atoms with E-state index in [0.29, 0.717) is 37.4 Å². The molecule has 3 aromatic heterocycles. The standard InChI is InChI=1S/C16H16N6O2S/c23-16(14-8-17-10-25-14)22-4-1-12-13(2-5-22)19-9-20-15(12)18-7-11-3-6-24-21-11/h3,6,8-10H,1-2,4-5,7H2,(H,18,19,20). The van der Waals surface area contributed by atoms with Crippen LogP contribution in [0.1, 0.15) is 26.6 Å². The number of rotatable bonds is 4. The van der Waals surface area contributed by atoms with E-state index in [2.05, 4.69) is 25.4 Å². The van der Waals surface area contributed by atoms with Gasteiger partial charge in [0.05, 0.1) is 23.9 Å². The summed E-state index contributed by atoms with van der Waals surface area (Å²) >= 11 is 1.37. The lowest BCUT2D eigenvalue weighted by molar-refractivity contribution is 0.0767. The third-order valence-corrected chi connectivity index (χ3v) is 4.90. The zero-order valence-corrected chi connectivity index (χ0v) is 14.2. The highest BCUT2D eigenvalue weighted by Gasteiger charge is 2.23. The zero-order chi connectivity index (χ0) is 17.1. The van der Waals surface area contributed by atoms with Crippen molar-refractivity contribution in [2.24, 2.45) is 0 Å². The lowest BCUT2D eigenvalue weighted by Crippen LogP contribution is -2.32. The molecule has 4 heterocycles.